The van der Waals surface area contributed by atoms with Crippen molar-refractivity contribution in [1.82, 2.24) is 29.3 Å². The Morgan fingerprint density at radius 3 is 2.38 bits per heavy atom. The van der Waals surface area contributed by atoms with Crippen LogP contribution in [0.2, 0.25) is 0 Å². The zero-order valence-corrected chi connectivity index (χ0v) is 18.8. The number of ether oxygens (including phenoxy) is 1. The van der Waals surface area contributed by atoms with Gasteiger partial charge in [0.05, 0.1) is 17.6 Å². The Kier molecular flexibility index (Phi) is 6.24. The van der Waals surface area contributed by atoms with Crippen molar-refractivity contribution in [2.75, 3.05) is 10.6 Å². The van der Waals surface area contributed by atoms with Crippen molar-refractivity contribution in [3.8, 4) is 28.5 Å². The van der Waals surface area contributed by atoms with Crippen molar-refractivity contribution >= 4 is 17.7 Å². The van der Waals surface area contributed by atoms with Gasteiger partial charge in [-0.25, -0.2) is 19.4 Å². The Hall–Kier alpha value is -5.20. The van der Waals surface area contributed by atoms with E-state index in [-0.39, 0.29) is 5.75 Å². The summed E-state index contributed by atoms with van der Waals surface area (Å²) in [6.45, 7) is 0. The molecule has 0 saturated heterocycles. The number of aromatic nitrogens is 6. The fourth-order valence-electron chi connectivity index (χ4n) is 3.39. The highest BCUT2D eigenvalue weighted by molar-refractivity contribution is 5.99. The quantitative estimate of drug-likeness (QED) is 0.333. The number of carbonyl (C=O) groups is 1. The predicted octanol–water partition coefficient (Wildman–Crippen LogP) is 5.06. The zero-order valence-electron chi connectivity index (χ0n) is 18.8. The van der Waals surface area contributed by atoms with E-state index in [0.29, 0.717) is 28.7 Å². The third-order valence-electron chi connectivity index (χ3n) is 5.02. The average Bonchev–Trinajstić information content (AvgIpc) is 3.55. The van der Waals surface area contributed by atoms with Crippen molar-refractivity contribution in [1.29, 1.82) is 0 Å². The van der Waals surface area contributed by atoms with Crippen molar-refractivity contribution in [2.24, 2.45) is 0 Å². The van der Waals surface area contributed by atoms with Crippen LogP contribution in [-0.4, -0.2) is 41.7 Å². The highest BCUT2D eigenvalue weighted by Gasteiger charge is 2.31. The first kappa shape index (κ1) is 23.5. The highest BCUT2D eigenvalue weighted by atomic mass is 19.4. The largest absolute Gasteiger partial charge is 0.573 e. The van der Waals surface area contributed by atoms with Gasteiger partial charge in [-0.2, -0.15) is 0 Å². The minimum Gasteiger partial charge on any atom is -0.406 e. The average molecular weight is 506 g/mol. The molecule has 3 aromatic heterocycles. The van der Waals surface area contributed by atoms with Crippen molar-refractivity contribution in [3.05, 3.63) is 91.8 Å². The summed E-state index contributed by atoms with van der Waals surface area (Å²) in [4.78, 5) is 25.0. The first-order valence-electron chi connectivity index (χ1n) is 10.7. The molecule has 0 aliphatic rings. The monoisotopic (exact) mass is 506 g/mol. The number of carbonyl (C=O) groups excluding carboxylic acids is 1. The first-order chi connectivity index (χ1) is 17.8. The number of pyridine rings is 1. The topological polar surface area (TPSA) is 112 Å². The molecule has 2 amide bonds. The van der Waals surface area contributed by atoms with Gasteiger partial charge in [-0.1, -0.05) is 0 Å². The summed E-state index contributed by atoms with van der Waals surface area (Å²) in [7, 11) is 0. The molecule has 0 unspecified atom stereocenters. The van der Waals surface area contributed by atoms with Crippen LogP contribution in [-0.2, 0) is 0 Å². The number of hydrogen-bond donors (Lipinski definition) is 2. The van der Waals surface area contributed by atoms with Crippen LogP contribution in [0.4, 0.5) is 29.6 Å². The molecule has 10 nitrogen and oxygen atoms in total. The summed E-state index contributed by atoms with van der Waals surface area (Å²) in [6.07, 6.45) is 3.26. The van der Waals surface area contributed by atoms with Crippen LogP contribution in [0.25, 0.3) is 22.8 Å². The van der Waals surface area contributed by atoms with E-state index >= 15 is 0 Å². The lowest BCUT2D eigenvalue weighted by molar-refractivity contribution is -0.274. The molecule has 13 heteroatoms. The molecule has 5 rings (SSSR count). The van der Waals surface area contributed by atoms with Gasteiger partial charge in [0.15, 0.2) is 5.82 Å². The van der Waals surface area contributed by atoms with E-state index in [1.165, 1.54) is 35.3 Å². The van der Waals surface area contributed by atoms with Crippen LogP contribution >= 0.6 is 0 Å². The number of rotatable bonds is 6. The molecule has 37 heavy (non-hydrogen) atoms. The van der Waals surface area contributed by atoms with Crippen molar-refractivity contribution < 1.29 is 22.7 Å². The molecule has 186 valence electrons. The molecule has 0 aliphatic carbocycles. The lowest BCUT2D eigenvalue weighted by atomic mass is 10.2. The number of amides is 2. The van der Waals surface area contributed by atoms with Crippen LogP contribution < -0.4 is 15.4 Å². The number of urea groups is 1. The smallest absolute Gasteiger partial charge is 0.406 e. The fraction of sp³-hybridized carbons (Fsp3) is 0.0417. The van der Waals surface area contributed by atoms with Gasteiger partial charge >= 0.3 is 12.4 Å². The number of halogens is 3. The van der Waals surface area contributed by atoms with E-state index in [0.717, 1.165) is 5.69 Å². The molecular weight excluding hydrogens is 489 g/mol. The molecule has 0 bridgehead atoms. The zero-order chi connectivity index (χ0) is 25.8. The highest BCUT2D eigenvalue weighted by Crippen LogP contribution is 2.24. The maximum Gasteiger partial charge on any atom is 0.573 e. The molecule has 3 heterocycles. The second-order valence-corrected chi connectivity index (χ2v) is 7.54. The fourth-order valence-corrected chi connectivity index (χ4v) is 3.39. The van der Waals surface area contributed by atoms with E-state index in [1.807, 2.05) is 6.07 Å². The Bertz CT molecular complexity index is 1500. The molecule has 2 aromatic carbocycles. The maximum absolute atomic E-state index is 12.5. The Labute approximate surface area is 207 Å². The van der Waals surface area contributed by atoms with Gasteiger partial charge in [0, 0.05) is 29.8 Å². The van der Waals surface area contributed by atoms with Gasteiger partial charge in [0.25, 0.3) is 0 Å². The summed E-state index contributed by atoms with van der Waals surface area (Å²) in [6, 6.07) is 15.2. The normalized spacial score (nSPS) is 11.2. The second-order valence-electron chi connectivity index (χ2n) is 7.54. The standard InChI is InChI=1S/C24H17F3N8O2/c25-24(26,27)37-20-9-7-18(8-10-20)35-15-30-21(33-35)16-3-5-17(6-4-16)31-23(36)32-22-29-12-13-34(22)19-2-1-11-28-14-19/h1-15H,(H2,29,31,32,36). The van der Waals surface area contributed by atoms with Crippen LogP contribution in [0.15, 0.2) is 91.8 Å². The van der Waals surface area contributed by atoms with E-state index in [2.05, 4.69) is 35.4 Å². The Balaban J connectivity index is 1.22. The van der Waals surface area contributed by atoms with Gasteiger partial charge in [-0.15, -0.1) is 18.3 Å². The van der Waals surface area contributed by atoms with Crippen LogP contribution in [0.5, 0.6) is 5.75 Å². The minimum absolute atomic E-state index is 0.329. The Morgan fingerprint density at radius 1 is 0.892 bits per heavy atom. The predicted molar refractivity (Wildman–Crippen MR) is 127 cm³/mol. The van der Waals surface area contributed by atoms with E-state index in [4.69, 9.17) is 0 Å². The molecule has 0 fully saturated rings. The number of alkyl halides is 3. The summed E-state index contributed by atoms with van der Waals surface area (Å²) in [5.41, 5.74) is 2.46. The van der Waals surface area contributed by atoms with E-state index < -0.39 is 12.4 Å². The summed E-state index contributed by atoms with van der Waals surface area (Å²) in [5, 5.41) is 9.79. The van der Waals surface area contributed by atoms with Gasteiger partial charge < -0.3 is 10.1 Å². The van der Waals surface area contributed by atoms with E-state index in [9.17, 15) is 18.0 Å². The molecular formula is C24H17F3N8O2. The molecule has 0 atom stereocenters. The van der Waals surface area contributed by atoms with Gasteiger partial charge in [-0.05, 0) is 60.7 Å². The molecule has 0 saturated carbocycles. The van der Waals surface area contributed by atoms with Gasteiger partial charge in [0.2, 0.25) is 5.95 Å². The number of imidazole rings is 1. The van der Waals surface area contributed by atoms with Gasteiger partial charge in [-0.3, -0.25) is 14.9 Å². The number of anilines is 2. The van der Waals surface area contributed by atoms with Crippen LogP contribution in [0.1, 0.15) is 0 Å². The third-order valence-corrected chi connectivity index (χ3v) is 5.02. The number of nitrogens with zero attached hydrogens (tertiary/aromatic N) is 6. The number of benzene rings is 2. The molecule has 0 spiro atoms. The first-order valence-corrected chi connectivity index (χ1v) is 10.7. The third kappa shape index (κ3) is 5.73. The molecule has 5 aromatic rings. The molecule has 2 N–H and O–H groups in total. The second kappa shape index (κ2) is 9.81. The molecule has 0 aliphatic heterocycles. The summed E-state index contributed by atoms with van der Waals surface area (Å²) in [5.74, 6) is 0.393. The summed E-state index contributed by atoms with van der Waals surface area (Å²) >= 11 is 0. The SMILES string of the molecule is O=C(Nc1ccc(-c2ncn(-c3ccc(OC(F)(F)F)cc3)n2)cc1)Nc1nccn1-c1cccnc1. The minimum atomic E-state index is -4.76. The van der Waals surface area contributed by atoms with E-state index in [1.54, 1.807) is 59.7 Å². The summed E-state index contributed by atoms with van der Waals surface area (Å²) < 4.78 is 44.0. The Morgan fingerprint density at radius 2 is 1.68 bits per heavy atom. The van der Waals surface area contributed by atoms with Gasteiger partial charge in [0.1, 0.15) is 12.1 Å². The molecule has 0 radical (unpaired) electrons. The number of hydrogen-bond acceptors (Lipinski definition) is 6. The van der Waals surface area contributed by atoms with Crippen molar-refractivity contribution in [3.63, 3.8) is 0 Å². The van der Waals surface area contributed by atoms with Crippen molar-refractivity contribution in [2.45, 2.75) is 6.36 Å². The van der Waals surface area contributed by atoms with Crippen LogP contribution in [0.3, 0.4) is 0 Å². The lowest BCUT2D eigenvalue weighted by Gasteiger charge is -2.10. The lowest BCUT2D eigenvalue weighted by Crippen LogP contribution is -2.21. The number of nitrogens with one attached hydrogen (secondary N) is 2. The van der Waals surface area contributed by atoms with Crippen LogP contribution in [0, 0.1) is 0 Å². The maximum atomic E-state index is 12.5.